The van der Waals surface area contributed by atoms with Gasteiger partial charge in [0, 0.05) is 0 Å². The van der Waals surface area contributed by atoms with Gasteiger partial charge in [-0.3, -0.25) is 4.98 Å². The van der Waals surface area contributed by atoms with Crippen molar-refractivity contribution in [1.29, 1.82) is 0 Å². The van der Waals surface area contributed by atoms with Crippen molar-refractivity contribution >= 4 is 17.6 Å². The van der Waals surface area contributed by atoms with Crippen LogP contribution in [0, 0.1) is 5.82 Å². The highest BCUT2D eigenvalue weighted by molar-refractivity contribution is 8.00. The number of hydrogen-bond acceptors (Lipinski definition) is 6. The molecule has 6 nitrogen and oxygen atoms in total. The lowest BCUT2D eigenvalue weighted by Gasteiger charge is -2.11. The van der Waals surface area contributed by atoms with E-state index in [2.05, 4.69) is 15.3 Å². The summed E-state index contributed by atoms with van der Waals surface area (Å²) in [7, 11) is 0. The lowest BCUT2D eigenvalue weighted by atomic mass is 10.5. The first kappa shape index (κ1) is 11.4. The van der Waals surface area contributed by atoms with Gasteiger partial charge in [-0.15, -0.1) is 11.8 Å². The Kier molecular flexibility index (Phi) is 3.42. The molecule has 8 heteroatoms. The molecule has 0 amide bonds. The molecule has 16 heavy (non-hydrogen) atoms. The number of thioether (sulfide) groups is 1. The van der Waals surface area contributed by atoms with Gasteiger partial charge in [0.1, 0.15) is 11.3 Å². The molecule has 1 aromatic heterocycles. The number of nitrogens with zero attached hydrogens (tertiary/aromatic N) is 1. The van der Waals surface area contributed by atoms with Crippen LogP contribution in [0.4, 0.5) is 10.2 Å². The number of ether oxygens (including phenoxy) is 1. The summed E-state index contributed by atoms with van der Waals surface area (Å²) in [6.45, 7) is 0.234. The standard InChI is InChI=1S/C8H10FN3O3S/c9-4-1-10-8(14)12-7(4)11-5-3-15-6(2-13)16-5/h1,5-6,13H,2-3H2,(H2,10,11,12,14). The van der Waals surface area contributed by atoms with E-state index in [1.165, 1.54) is 11.8 Å². The minimum Gasteiger partial charge on any atom is -0.393 e. The normalized spacial score (nSPS) is 24.6. The third kappa shape index (κ3) is 2.52. The van der Waals surface area contributed by atoms with Gasteiger partial charge in [-0.05, 0) is 0 Å². The summed E-state index contributed by atoms with van der Waals surface area (Å²) in [5, 5.41) is 11.4. The Morgan fingerprint density at radius 1 is 1.81 bits per heavy atom. The zero-order valence-electron chi connectivity index (χ0n) is 8.14. The summed E-state index contributed by atoms with van der Waals surface area (Å²) in [5.41, 5.74) is -0.930. The van der Waals surface area contributed by atoms with Crippen LogP contribution in [0.25, 0.3) is 0 Å². The molecule has 3 N–H and O–H groups in total. The van der Waals surface area contributed by atoms with Gasteiger partial charge in [0.25, 0.3) is 0 Å². The molecule has 1 aromatic rings. The Bertz CT molecular complexity index is 427. The highest BCUT2D eigenvalue weighted by Gasteiger charge is 2.26. The molecule has 1 aliphatic rings. The van der Waals surface area contributed by atoms with Crippen molar-refractivity contribution in [1.82, 2.24) is 9.97 Å². The van der Waals surface area contributed by atoms with Crippen molar-refractivity contribution in [3.63, 3.8) is 0 Å². The second-order valence-electron chi connectivity index (χ2n) is 3.13. The Balaban J connectivity index is 2.04. The number of aromatic nitrogens is 2. The zero-order chi connectivity index (χ0) is 11.5. The molecule has 0 bridgehead atoms. The van der Waals surface area contributed by atoms with Crippen LogP contribution in [0.5, 0.6) is 0 Å². The van der Waals surface area contributed by atoms with Crippen molar-refractivity contribution in [2.75, 3.05) is 18.5 Å². The molecule has 2 rings (SSSR count). The molecule has 2 atom stereocenters. The van der Waals surface area contributed by atoms with Crippen molar-refractivity contribution < 1.29 is 14.2 Å². The number of rotatable bonds is 3. The van der Waals surface area contributed by atoms with E-state index in [0.717, 1.165) is 6.20 Å². The summed E-state index contributed by atoms with van der Waals surface area (Å²) in [5.74, 6) is -0.646. The highest BCUT2D eigenvalue weighted by atomic mass is 32.2. The molecular formula is C8H10FN3O3S. The molecule has 1 fully saturated rings. The van der Waals surface area contributed by atoms with Crippen LogP contribution < -0.4 is 11.0 Å². The van der Waals surface area contributed by atoms with Gasteiger partial charge < -0.3 is 15.2 Å². The quantitative estimate of drug-likeness (QED) is 0.681. The molecule has 0 aliphatic carbocycles. The maximum Gasteiger partial charge on any atom is 0.346 e. The molecule has 0 radical (unpaired) electrons. The van der Waals surface area contributed by atoms with Crippen LogP contribution in [-0.4, -0.2) is 39.1 Å². The second-order valence-corrected chi connectivity index (χ2v) is 4.49. The fraction of sp³-hybridized carbons (Fsp3) is 0.500. The predicted molar refractivity (Wildman–Crippen MR) is 56.6 cm³/mol. The zero-order valence-corrected chi connectivity index (χ0v) is 8.96. The number of aromatic amines is 1. The Labute approximate surface area is 94.2 Å². The van der Waals surface area contributed by atoms with Crippen LogP contribution in [-0.2, 0) is 4.74 Å². The molecule has 0 saturated carbocycles. The Morgan fingerprint density at radius 3 is 3.31 bits per heavy atom. The van der Waals surface area contributed by atoms with E-state index in [0.29, 0.717) is 6.61 Å². The molecule has 0 spiro atoms. The largest absolute Gasteiger partial charge is 0.393 e. The first-order valence-electron chi connectivity index (χ1n) is 4.58. The first-order chi connectivity index (χ1) is 7.69. The van der Waals surface area contributed by atoms with Gasteiger partial charge in [-0.25, -0.2) is 9.18 Å². The number of anilines is 1. The number of aliphatic hydroxyl groups excluding tert-OH is 1. The third-order valence-corrected chi connectivity index (χ3v) is 3.14. The SMILES string of the molecule is O=c1ncc(F)c(NC2COC(CO)S2)[nH]1. The topological polar surface area (TPSA) is 87.2 Å². The van der Waals surface area contributed by atoms with Crippen LogP contribution in [0.2, 0.25) is 0 Å². The van der Waals surface area contributed by atoms with E-state index < -0.39 is 11.5 Å². The van der Waals surface area contributed by atoms with E-state index in [4.69, 9.17) is 9.84 Å². The number of halogens is 1. The summed E-state index contributed by atoms with van der Waals surface area (Å²) in [6, 6.07) is 0. The number of hydrogen-bond donors (Lipinski definition) is 3. The number of H-pyrrole nitrogens is 1. The maximum atomic E-state index is 13.2. The molecule has 2 heterocycles. The summed E-state index contributed by atoms with van der Waals surface area (Å²) < 4.78 is 18.4. The van der Waals surface area contributed by atoms with Gasteiger partial charge >= 0.3 is 5.69 Å². The van der Waals surface area contributed by atoms with Gasteiger partial charge in [-0.1, -0.05) is 0 Å². The van der Waals surface area contributed by atoms with Crippen molar-refractivity contribution in [3.8, 4) is 0 Å². The molecule has 1 aliphatic heterocycles. The van der Waals surface area contributed by atoms with Crippen molar-refractivity contribution in [2.45, 2.75) is 10.8 Å². The molecule has 0 aromatic carbocycles. The lowest BCUT2D eigenvalue weighted by molar-refractivity contribution is 0.0871. The van der Waals surface area contributed by atoms with Crippen molar-refractivity contribution in [2.24, 2.45) is 0 Å². The van der Waals surface area contributed by atoms with Gasteiger partial charge in [0.2, 0.25) is 0 Å². The lowest BCUT2D eigenvalue weighted by Crippen LogP contribution is -2.21. The van der Waals surface area contributed by atoms with E-state index >= 15 is 0 Å². The van der Waals surface area contributed by atoms with E-state index in [1.54, 1.807) is 0 Å². The van der Waals surface area contributed by atoms with E-state index in [9.17, 15) is 9.18 Å². The first-order valence-corrected chi connectivity index (χ1v) is 5.52. The molecule has 2 unspecified atom stereocenters. The summed E-state index contributed by atoms with van der Waals surface area (Å²) in [4.78, 5) is 16.4. The number of nitrogens with one attached hydrogen (secondary N) is 2. The van der Waals surface area contributed by atoms with Gasteiger partial charge in [0.05, 0.1) is 24.8 Å². The monoisotopic (exact) mass is 247 g/mol. The molecule has 1 saturated heterocycles. The minimum atomic E-state index is -0.632. The Morgan fingerprint density at radius 2 is 2.62 bits per heavy atom. The maximum absolute atomic E-state index is 13.2. The highest BCUT2D eigenvalue weighted by Crippen LogP contribution is 2.27. The fourth-order valence-electron chi connectivity index (χ4n) is 1.27. The van der Waals surface area contributed by atoms with Crippen LogP contribution >= 0.6 is 11.8 Å². The average molecular weight is 247 g/mol. The van der Waals surface area contributed by atoms with E-state index in [-0.39, 0.29) is 23.2 Å². The minimum absolute atomic E-state index is 0.0142. The van der Waals surface area contributed by atoms with Crippen molar-refractivity contribution in [3.05, 3.63) is 22.5 Å². The summed E-state index contributed by atoms with van der Waals surface area (Å²) in [6.07, 6.45) is 0.852. The fourth-order valence-corrected chi connectivity index (χ4v) is 2.23. The summed E-state index contributed by atoms with van der Waals surface area (Å²) >= 11 is 1.33. The van der Waals surface area contributed by atoms with Crippen LogP contribution in [0.3, 0.4) is 0 Å². The number of aliphatic hydroxyl groups is 1. The van der Waals surface area contributed by atoms with Crippen LogP contribution in [0.1, 0.15) is 0 Å². The second kappa shape index (κ2) is 4.81. The molecule has 88 valence electrons. The predicted octanol–water partition coefficient (Wildman–Crippen LogP) is -0.271. The average Bonchev–Trinajstić information content (AvgIpc) is 2.71. The van der Waals surface area contributed by atoms with Gasteiger partial charge in [0.15, 0.2) is 5.82 Å². The third-order valence-electron chi connectivity index (χ3n) is 1.97. The Hall–Kier alpha value is -1.12. The van der Waals surface area contributed by atoms with E-state index in [1.807, 2.05) is 0 Å². The van der Waals surface area contributed by atoms with Crippen LogP contribution in [0.15, 0.2) is 11.0 Å². The smallest absolute Gasteiger partial charge is 0.346 e. The molecular weight excluding hydrogens is 237 g/mol. The van der Waals surface area contributed by atoms with Gasteiger partial charge in [-0.2, -0.15) is 4.98 Å².